The number of unbranched alkanes of at least 4 members (excludes halogenated alkanes) is 1. The number of methoxy groups -OCH3 is 1. The van der Waals surface area contributed by atoms with E-state index >= 15 is 0 Å². The summed E-state index contributed by atoms with van der Waals surface area (Å²) in [5.41, 5.74) is 2.70. The minimum atomic E-state index is -0.530. The number of nitrogens with zero attached hydrogens (tertiary/aromatic N) is 2. The molecule has 216 valence electrons. The molecule has 1 fully saturated rings. The summed E-state index contributed by atoms with van der Waals surface area (Å²) < 4.78 is 29.7. The normalized spacial score (nSPS) is 22.2. The highest BCUT2D eigenvalue weighted by Gasteiger charge is 2.35. The second kappa shape index (κ2) is 15.9. The Kier molecular flexibility index (Phi) is 12.7. The van der Waals surface area contributed by atoms with Crippen LogP contribution in [0, 0.1) is 5.92 Å². The van der Waals surface area contributed by atoms with Crippen LogP contribution in [0.3, 0.4) is 0 Å². The smallest absolute Gasteiger partial charge is 0.248 e. The number of hydrogen-bond acceptors (Lipinski definition) is 7. The van der Waals surface area contributed by atoms with Gasteiger partial charge in [0.15, 0.2) is 17.4 Å². The Bertz CT molecular complexity index is 1070. The molecular formula is C32H48N2O5. The van der Waals surface area contributed by atoms with Gasteiger partial charge in [-0.25, -0.2) is 9.97 Å². The van der Waals surface area contributed by atoms with E-state index in [1.54, 1.807) is 19.6 Å². The Labute approximate surface area is 234 Å². The van der Waals surface area contributed by atoms with Crippen molar-refractivity contribution in [3.8, 4) is 11.6 Å². The van der Waals surface area contributed by atoms with Gasteiger partial charge >= 0.3 is 0 Å². The quantitative estimate of drug-likeness (QED) is 0.156. The van der Waals surface area contributed by atoms with E-state index in [9.17, 15) is 0 Å². The number of aryl methyl sites for hydroxylation is 1. The third-order valence-electron chi connectivity index (χ3n) is 7.04. The van der Waals surface area contributed by atoms with Gasteiger partial charge in [0, 0.05) is 33.0 Å². The summed E-state index contributed by atoms with van der Waals surface area (Å²) in [6.45, 7) is 11.4. The zero-order valence-electron chi connectivity index (χ0n) is 24.8. The van der Waals surface area contributed by atoms with Gasteiger partial charge in [0.05, 0.1) is 6.10 Å². The van der Waals surface area contributed by atoms with Gasteiger partial charge in [-0.3, -0.25) is 0 Å². The van der Waals surface area contributed by atoms with E-state index in [4.69, 9.17) is 23.0 Å². The largest absolute Gasteiger partial charge is 0.448 e. The molecule has 4 atom stereocenters. The van der Waals surface area contributed by atoms with Crippen molar-refractivity contribution in [2.24, 2.45) is 5.92 Å². The van der Waals surface area contributed by atoms with Crippen LogP contribution >= 0.6 is 0 Å². The summed E-state index contributed by atoms with van der Waals surface area (Å²) in [5.74, 6) is 1.05. The Morgan fingerprint density at radius 1 is 1.23 bits per heavy atom. The first-order chi connectivity index (χ1) is 18.9. The third kappa shape index (κ3) is 10.2. The average Bonchev–Trinajstić information content (AvgIpc) is 3.57. The van der Waals surface area contributed by atoms with Gasteiger partial charge in [-0.15, -0.1) is 0 Å². The molecule has 0 aliphatic carbocycles. The van der Waals surface area contributed by atoms with Gasteiger partial charge < -0.3 is 23.0 Å². The van der Waals surface area contributed by atoms with Crippen molar-refractivity contribution >= 4 is 0 Å². The van der Waals surface area contributed by atoms with Crippen LogP contribution in [-0.4, -0.2) is 35.6 Å². The Morgan fingerprint density at radius 2 is 2.08 bits per heavy atom. The SMILES string of the molecule is CC=CC(C)C=C(C)CC=CCCc1nc(-c2nc(C(CC3CCCC(C)(OCCCC)O3)OC)co2)co1. The zero-order chi connectivity index (χ0) is 28.1. The predicted octanol–water partition coefficient (Wildman–Crippen LogP) is 8.55. The molecule has 1 aliphatic heterocycles. The van der Waals surface area contributed by atoms with E-state index in [1.165, 1.54) is 5.57 Å². The van der Waals surface area contributed by atoms with Crippen molar-refractivity contribution in [3.63, 3.8) is 0 Å². The molecule has 39 heavy (non-hydrogen) atoms. The van der Waals surface area contributed by atoms with E-state index in [0.29, 0.717) is 29.8 Å². The van der Waals surface area contributed by atoms with Gasteiger partial charge in [0.2, 0.25) is 5.89 Å². The van der Waals surface area contributed by atoms with Crippen LogP contribution in [0.5, 0.6) is 0 Å². The van der Waals surface area contributed by atoms with Crippen LogP contribution in [0.25, 0.3) is 11.6 Å². The standard InChI is InChI=1S/C32H48N2O5/c1-7-9-19-38-32(5)18-13-16-26(39-32)21-29(35-6)27-22-37-31(34-27)28-23-36-30(33-28)17-12-10-11-15-25(4)20-24(3)14-8-2/h8,10-11,14,20,22-24,26,29H,7,9,12-13,15-19,21H2,1-6H3. The molecule has 0 amide bonds. The number of rotatable bonds is 16. The number of aromatic nitrogens is 2. The second-order valence-corrected chi connectivity index (χ2v) is 10.7. The molecule has 7 heteroatoms. The summed E-state index contributed by atoms with van der Waals surface area (Å²) in [6, 6.07) is 0. The number of oxazole rings is 2. The van der Waals surface area contributed by atoms with Crippen LogP contribution in [0.4, 0.5) is 0 Å². The molecule has 4 unspecified atom stereocenters. The summed E-state index contributed by atoms with van der Waals surface area (Å²) in [7, 11) is 1.70. The first kappa shape index (κ1) is 31.1. The van der Waals surface area contributed by atoms with Crippen molar-refractivity contribution < 1.29 is 23.0 Å². The fourth-order valence-corrected chi connectivity index (χ4v) is 4.95. The van der Waals surface area contributed by atoms with Gasteiger partial charge in [-0.1, -0.05) is 56.2 Å². The fraction of sp³-hybridized carbons (Fsp3) is 0.625. The molecule has 0 bridgehead atoms. The third-order valence-corrected chi connectivity index (χ3v) is 7.04. The molecule has 3 rings (SSSR count). The number of allylic oxidation sites excluding steroid dienone is 6. The molecular weight excluding hydrogens is 492 g/mol. The molecule has 1 aliphatic rings. The number of hydrogen-bond donors (Lipinski definition) is 0. The highest BCUT2D eigenvalue weighted by Crippen LogP contribution is 2.35. The van der Waals surface area contributed by atoms with Crippen molar-refractivity contribution in [1.29, 1.82) is 0 Å². The minimum absolute atomic E-state index is 0.0399. The van der Waals surface area contributed by atoms with Crippen LogP contribution in [0.15, 0.2) is 57.3 Å². The monoisotopic (exact) mass is 540 g/mol. The fourth-order valence-electron chi connectivity index (χ4n) is 4.95. The maximum atomic E-state index is 6.36. The maximum absolute atomic E-state index is 6.36. The van der Waals surface area contributed by atoms with Crippen molar-refractivity contribution in [2.45, 2.75) is 110 Å². The Balaban J connectivity index is 1.50. The Hall–Kier alpha value is -2.48. The van der Waals surface area contributed by atoms with Crippen molar-refractivity contribution in [2.75, 3.05) is 13.7 Å². The summed E-state index contributed by atoms with van der Waals surface area (Å²) in [4.78, 5) is 9.25. The molecule has 0 aromatic carbocycles. The molecule has 3 heterocycles. The molecule has 0 spiro atoms. The molecule has 7 nitrogen and oxygen atoms in total. The molecule has 2 aromatic heterocycles. The number of ether oxygens (including phenoxy) is 3. The molecule has 2 aromatic rings. The zero-order valence-corrected chi connectivity index (χ0v) is 24.8. The van der Waals surface area contributed by atoms with Gasteiger partial charge in [-0.2, -0.15) is 0 Å². The highest BCUT2D eigenvalue weighted by atomic mass is 16.7. The van der Waals surface area contributed by atoms with E-state index < -0.39 is 5.79 Å². The molecule has 1 saturated heterocycles. The Morgan fingerprint density at radius 3 is 2.85 bits per heavy atom. The predicted molar refractivity (Wildman–Crippen MR) is 154 cm³/mol. The lowest BCUT2D eigenvalue weighted by Crippen LogP contribution is -2.41. The van der Waals surface area contributed by atoms with Gasteiger partial charge in [0.25, 0.3) is 0 Å². The maximum Gasteiger partial charge on any atom is 0.248 e. The van der Waals surface area contributed by atoms with E-state index in [-0.39, 0.29) is 12.2 Å². The van der Waals surface area contributed by atoms with Crippen LogP contribution < -0.4 is 0 Å². The van der Waals surface area contributed by atoms with Gasteiger partial charge in [-0.05, 0) is 58.8 Å². The van der Waals surface area contributed by atoms with Crippen LogP contribution in [0.2, 0.25) is 0 Å². The van der Waals surface area contributed by atoms with E-state index in [1.807, 2.05) is 6.92 Å². The highest BCUT2D eigenvalue weighted by molar-refractivity contribution is 5.44. The van der Waals surface area contributed by atoms with Crippen molar-refractivity contribution in [3.05, 3.63) is 60.1 Å². The molecule has 0 radical (unpaired) electrons. The van der Waals surface area contributed by atoms with E-state index in [2.05, 4.69) is 68.0 Å². The van der Waals surface area contributed by atoms with Crippen LogP contribution in [0.1, 0.15) is 104 Å². The molecule has 0 saturated carbocycles. The summed E-state index contributed by atoms with van der Waals surface area (Å²) >= 11 is 0. The first-order valence-corrected chi connectivity index (χ1v) is 14.6. The first-order valence-electron chi connectivity index (χ1n) is 14.6. The summed E-state index contributed by atoms with van der Waals surface area (Å²) in [5, 5.41) is 0. The van der Waals surface area contributed by atoms with E-state index in [0.717, 1.165) is 63.7 Å². The lowest BCUT2D eigenvalue weighted by molar-refractivity contribution is -0.273. The minimum Gasteiger partial charge on any atom is -0.448 e. The van der Waals surface area contributed by atoms with Crippen molar-refractivity contribution in [1.82, 2.24) is 9.97 Å². The van der Waals surface area contributed by atoms with Gasteiger partial charge in [0.1, 0.15) is 24.3 Å². The summed E-state index contributed by atoms with van der Waals surface area (Å²) in [6.07, 6.45) is 22.4. The lowest BCUT2D eigenvalue weighted by atomic mass is 9.97. The average molecular weight is 541 g/mol. The van der Waals surface area contributed by atoms with Crippen LogP contribution in [-0.2, 0) is 20.6 Å². The second-order valence-electron chi connectivity index (χ2n) is 10.7. The molecule has 0 N–H and O–H groups in total. The topological polar surface area (TPSA) is 79.8 Å². The lowest BCUT2D eigenvalue weighted by Gasteiger charge is -2.39.